The van der Waals surface area contributed by atoms with Gasteiger partial charge in [-0.05, 0) is 190 Å². The summed E-state index contributed by atoms with van der Waals surface area (Å²) in [6, 6.07) is 32.4. The number of hydrogen-bond acceptors (Lipinski definition) is 5. The third-order valence-corrected chi connectivity index (χ3v) is 15.4. The molecular weight excluding hydrogens is 707 g/mol. The summed E-state index contributed by atoms with van der Waals surface area (Å²) in [5, 5.41) is 18.6. The van der Waals surface area contributed by atoms with Gasteiger partial charge in [-0.15, -0.1) is 11.8 Å². The Morgan fingerprint density at radius 1 is 0.636 bits per heavy atom. The first kappa shape index (κ1) is 40.0. The molecule has 0 saturated carbocycles. The lowest BCUT2D eigenvalue weighted by molar-refractivity contribution is 0.615. The lowest BCUT2D eigenvalue weighted by Gasteiger charge is -2.45. The third-order valence-electron chi connectivity index (χ3n) is 12.6. The van der Waals surface area contributed by atoms with Gasteiger partial charge in [0.25, 0.3) is 0 Å². The largest absolute Gasteiger partial charge is 0.401 e. The van der Waals surface area contributed by atoms with Crippen molar-refractivity contribution in [2.45, 2.75) is 114 Å². The van der Waals surface area contributed by atoms with Gasteiger partial charge in [-0.3, -0.25) is 0 Å². The predicted octanol–water partition coefficient (Wildman–Crippen LogP) is 12.5. The Balaban J connectivity index is 0.000000145. The predicted molar refractivity (Wildman–Crippen MR) is 233 cm³/mol. The van der Waals surface area contributed by atoms with E-state index in [2.05, 4.69) is 141 Å². The quantitative estimate of drug-likeness (QED) is 0.193. The molecule has 0 aromatic heterocycles. The highest BCUT2D eigenvalue weighted by Gasteiger charge is 2.47. The highest BCUT2D eigenvalue weighted by molar-refractivity contribution is 8.00. The second-order valence-corrected chi connectivity index (χ2v) is 18.3. The Labute approximate surface area is 338 Å². The van der Waals surface area contributed by atoms with Crippen molar-refractivity contribution < 1.29 is 0 Å². The average molecular weight is 760 g/mol. The van der Waals surface area contributed by atoms with E-state index in [9.17, 15) is 5.26 Å². The van der Waals surface area contributed by atoms with E-state index in [1.165, 1.54) is 88.3 Å². The van der Waals surface area contributed by atoms with Crippen molar-refractivity contribution in [3.63, 3.8) is 0 Å². The minimum Gasteiger partial charge on any atom is -0.401 e. The number of nitrogens with zero attached hydrogens (tertiary/aromatic N) is 2. The van der Waals surface area contributed by atoms with E-state index in [4.69, 9.17) is 11.0 Å². The fraction of sp³-hybridized carbons (Fsp3) is 0.320. The molecule has 3 unspecified atom stereocenters. The van der Waals surface area contributed by atoms with Crippen molar-refractivity contribution in [3.8, 4) is 12.1 Å². The summed E-state index contributed by atoms with van der Waals surface area (Å²) >= 11 is 3.57. The monoisotopic (exact) mass is 759 g/mol. The van der Waals surface area contributed by atoms with Crippen molar-refractivity contribution >= 4 is 23.5 Å². The number of aryl methyl sites for hydroxylation is 3. The van der Waals surface area contributed by atoms with E-state index >= 15 is 0 Å². The zero-order chi connectivity index (χ0) is 39.8. The third kappa shape index (κ3) is 7.15. The van der Waals surface area contributed by atoms with Crippen molar-refractivity contribution in [3.05, 3.63) is 174 Å². The standard InChI is InChI=1S/C20H23NS.C18H17NS.C12H13N/c1-5-19(21)20(22-16-9-7-6-8-10-16)12-17-15(4)14(3)13(2)11-18(17)20;1-12-9-17-16(14(3)13(12)2)10-18(17,11-19)20-15-7-5-4-6-8-15;1-7-4-12-10(6-13)5-11(12)9(3)8(7)2/h5-11H,12,21H2,1-4H3;4-9H,10H2,1-3H3;4,10H,5H2,1-3H3/b19-5-;;. The summed E-state index contributed by atoms with van der Waals surface area (Å²) in [4.78, 5) is 2.43. The first-order valence-electron chi connectivity index (χ1n) is 19.2. The van der Waals surface area contributed by atoms with Crippen LogP contribution in [0.25, 0.3) is 0 Å². The minimum atomic E-state index is -0.403. The molecule has 0 spiro atoms. The second-order valence-electron chi connectivity index (χ2n) is 15.5. The van der Waals surface area contributed by atoms with Gasteiger partial charge in [-0.1, -0.05) is 72.4 Å². The van der Waals surface area contributed by atoms with E-state index in [-0.39, 0.29) is 10.7 Å². The Hall–Kier alpha value is -4.68. The molecule has 0 aliphatic heterocycles. The number of allylic oxidation sites excluding steroid dienone is 1. The van der Waals surface area contributed by atoms with Crippen molar-refractivity contribution in [1.29, 1.82) is 10.5 Å². The lowest BCUT2D eigenvalue weighted by atomic mass is 9.71. The van der Waals surface area contributed by atoms with E-state index in [1.807, 2.05) is 36.9 Å². The van der Waals surface area contributed by atoms with Crippen molar-refractivity contribution in [2.24, 2.45) is 5.73 Å². The van der Waals surface area contributed by atoms with Crippen LogP contribution in [0.3, 0.4) is 0 Å². The van der Waals surface area contributed by atoms with Crippen LogP contribution in [0.15, 0.2) is 100 Å². The van der Waals surface area contributed by atoms with Crippen LogP contribution in [0.5, 0.6) is 0 Å². The van der Waals surface area contributed by atoms with E-state index < -0.39 is 4.75 Å². The van der Waals surface area contributed by atoms with Crippen molar-refractivity contribution in [2.75, 3.05) is 0 Å². The summed E-state index contributed by atoms with van der Waals surface area (Å²) in [5.74, 6) is 0.160. The molecule has 5 aromatic carbocycles. The van der Waals surface area contributed by atoms with Gasteiger partial charge in [0.2, 0.25) is 0 Å². The van der Waals surface area contributed by atoms with Crippen LogP contribution in [0.4, 0.5) is 0 Å². The fourth-order valence-electron chi connectivity index (χ4n) is 8.20. The van der Waals surface area contributed by atoms with Crippen LogP contribution < -0.4 is 5.73 Å². The molecule has 0 saturated heterocycles. The molecule has 3 aliphatic rings. The first-order chi connectivity index (χ1) is 26.2. The molecule has 8 rings (SSSR count). The Bertz CT molecular complexity index is 2400. The molecule has 280 valence electrons. The molecule has 55 heavy (non-hydrogen) atoms. The van der Waals surface area contributed by atoms with Crippen LogP contribution in [0.1, 0.15) is 96.3 Å². The lowest BCUT2D eigenvalue weighted by Crippen LogP contribution is -2.41. The highest BCUT2D eigenvalue weighted by atomic mass is 32.2. The first-order valence-corrected chi connectivity index (χ1v) is 20.9. The Morgan fingerprint density at radius 3 is 1.62 bits per heavy atom. The smallest absolute Gasteiger partial charge is 0.136 e. The van der Waals surface area contributed by atoms with E-state index in [0.717, 1.165) is 29.9 Å². The number of fused-ring (bicyclic) bond motifs is 3. The molecule has 3 nitrogen and oxygen atoms in total. The van der Waals surface area contributed by atoms with Gasteiger partial charge in [0.05, 0.1) is 22.8 Å². The van der Waals surface area contributed by atoms with Crippen molar-refractivity contribution in [1.82, 2.24) is 0 Å². The summed E-state index contributed by atoms with van der Waals surface area (Å²) in [7, 11) is 0. The number of nitriles is 2. The average Bonchev–Trinajstić information content (AvgIpc) is 3.18. The van der Waals surface area contributed by atoms with Gasteiger partial charge in [0, 0.05) is 21.9 Å². The van der Waals surface area contributed by atoms with Crippen LogP contribution in [0.2, 0.25) is 0 Å². The SMILES string of the molecule is C/C=C(\N)C1(Sc2ccccc2)Cc2c1cc(C)c(C)c2C.Cc1cc2c(c(C)c1C)CC2(C#N)Sc1ccccc1.Cc1cc2c(c(C)c1C)CC2C#N. The van der Waals surface area contributed by atoms with Crippen LogP contribution in [-0.2, 0) is 28.8 Å². The van der Waals surface area contributed by atoms with Crippen LogP contribution in [-0.4, -0.2) is 0 Å². The minimum absolute atomic E-state index is 0.103. The van der Waals surface area contributed by atoms with Gasteiger partial charge >= 0.3 is 0 Å². The second kappa shape index (κ2) is 15.8. The zero-order valence-electron chi connectivity index (χ0n) is 34.1. The number of benzene rings is 5. The zero-order valence-corrected chi connectivity index (χ0v) is 35.7. The molecule has 5 aromatic rings. The number of nitrogens with two attached hydrogens (primary N) is 1. The Morgan fingerprint density at radius 2 is 1.11 bits per heavy atom. The van der Waals surface area contributed by atoms with Gasteiger partial charge in [-0.2, -0.15) is 10.5 Å². The molecule has 0 radical (unpaired) electrons. The summed E-state index contributed by atoms with van der Waals surface area (Å²) in [6.45, 7) is 21.6. The molecule has 3 atom stereocenters. The van der Waals surface area contributed by atoms with Gasteiger partial charge in [0.1, 0.15) is 4.75 Å². The number of thioether (sulfide) groups is 2. The molecule has 3 aliphatic carbocycles. The van der Waals surface area contributed by atoms with Gasteiger partial charge < -0.3 is 5.73 Å². The summed E-state index contributed by atoms with van der Waals surface area (Å²) in [6.07, 6.45) is 4.89. The maximum Gasteiger partial charge on any atom is 0.136 e. The fourth-order valence-corrected chi connectivity index (χ4v) is 10.9. The topological polar surface area (TPSA) is 73.6 Å². The maximum absolute atomic E-state index is 9.72. The molecule has 5 heteroatoms. The highest BCUT2D eigenvalue weighted by Crippen LogP contribution is 2.57. The molecule has 2 N–H and O–H groups in total. The van der Waals surface area contributed by atoms with Gasteiger partial charge in [0.15, 0.2) is 0 Å². The van der Waals surface area contributed by atoms with Crippen LogP contribution >= 0.6 is 23.5 Å². The van der Waals surface area contributed by atoms with E-state index in [1.54, 1.807) is 11.8 Å². The molecule has 0 bridgehead atoms. The van der Waals surface area contributed by atoms with Crippen LogP contribution in [0, 0.1) is 85.0 Å². The number of rotatable bonds is 5. The number of hydrogen-bond donors (Lipinski definition) is 1. The van der Waals surface area contributed by atoms with Gasteiger partial charge in [-0.25, -0.2) is 0 Å². The maximum atomic E-state index is 9.72. The normalized spacial score (nSPS) is 19.9. The molecule has 0 heterocycles. The Kier molecular flexibility index (Phi) is 11.5. The van der Waals surface area contributed by atoms with E-state index in [0.29, 0.717) is 0 Å². The molecular formula is C50H53N3S2. The summed E-state index contributed by atoms with van der Waals surface area (Å²) in [5.41, 5.74) is 27.9. The molecule has 0 amide bonds. The summed E-state index contributed by atoms with van der Waals surface area (Å²) < 4.78 is -0.505. The molecule has 0 fully saturated rings.